The van der Waals surface area contributed by atoms with Crippen molar-refractivity contribution in [1.29, 1.82) is 0 Å². The van der Waals surface area contributed by atoms with E-state index in [9.17, 15) is 4.79 Å². The smallest absolute Gasteiger partial charge is 0.220 e. The van der Waals surface area contributed by atoms with E-state index in [0.29, 0.717) is 13.0 Å². The van der Waals surface area contributed by atoms with Gasteiger partial charge >= 0.3 is 0 Å². The maximum absolute atomic E-state index is 11.7. The first kappa shape index (κ1) is 12.8. The summed E-state index contributed by atoms with van der Waals surface area (Å²) in [5.41, 5.74) is 3.05. The van der Waals surface area contributed by atoms with Crippen molar-refractivity contribution in [2.75, 3.05) is 0 Å². The number of rotatable bonds is 5. The molecule has 0 aliphatic rings. The summed E-state index contributed by atoms with van der Waals surface area (Å²) in [6.07, 6.45) is 1.35. The monoisotopic (exact) mass is 263 g/mol. The number of carbonyl (C=O) groups is 1. The van der Waals surface area contributed by atoms with Crippen LogP contribution in [0.1, 0.15) is 28.2 Å². The van der Waals surface area contributed by atoms with Gasteiger partial charge in [0.25, 0.3) is 0 Å². The molecule has 0 fully saturated rings. The second-order valence-electron chi connectivity index (χ2n) is 4.27. The quantitative estimate of drug-likeness (QED) is 0.870. The summed E-state index contributed by atoms with van der Waals surface area (Å²) in [6, 6.07) is 4.07. The van der Waals surface area contributed by atoms with Crippen molar-refractivity contribution in [2.45, 2.75) is 33.2 Å². The first-order valence-electron chi connectivity index (χ1n) is 5.96. The molecule has 0 aliphatic carbocycles. The molecule has 18 heavy (non-hydrogen) atoms. The number of carbonyl (C=O) groups excluding carboxylic acids is 1. The van der Waals surface area contributed by atoms with Crippen LogP contribution in [0.25, 0.3) is 0 Å². The molecule has 0 bridgehead atoms. The van der Waals surface area contributed by atoms with Gasteiger partial charge in [-0.2, -0.15) is 5.10 Å². The Hall–Kier alpha value is -1.62. The molecule has 0 aromatic carbocycles. The number of H-pyrrole nitrogens is 1. The van der Waals surface area contributed by atoms with Crippen LogP contribution < -0.4 is 5.32 Å². The van der Waals surface area contributed by atoms with Crippen molar-refractivity contribution >= 4 is 17.2 Å². The number of aryl methyl sites for hydroxylation is 3. The molecule has 0 atom stereocenters. The van der Waals surface area contributed by atoms with Crippen LogP contribution >= 0.6 is 11.3 Å². The molecule has 2 heterocycles. The molecule has 4 nitrogen and oxygen atoms in total. The third-order valence-electron chi connectivity index (χ3n) is 2.92. The molecule has 96 valence electrons. The van der Waals surface area contributed by atoms with Gasteiger partial charge in [-0.3, -0.25) is 9.89 Å². The highest BCUT2D eigenvalue weighted by Crippen LogP contribution is 2.11. The van der Waals surface area contributed by atoms with Crippen molar-refractivity contribution in [2.24, 2.45) is 0 Å². The van der Waals surface area contributed by atoms with Gasteiger partial charge in [0.05, 0.1) is 5.69 Å². The van der Waals surface area contributed by atoms with Crippen LogP contribution in [0.15, 0.2) is 17.5 Å². The molecular formula is C13H17N3OS. The largest absolute Gasteiger partial charge is 0.352 e. The lowest BCUT2D eigenvalue weighted by Gasteiger charge is -2.05. The topological polar surface area (TPSA) is 57.8 Å². The Morgan fingerprint density at radius 1 is 1.50 bits per heavy atom. The predicted molar refractivity (Wildman–Crippen MR) is 72.5 cm³/mol. The fourth-order valence-electron chi connectivity index (χ4n) is 1.80. The third kappa shape index (κ3) is 3.20. The summed E-state index contributed by atoms with van der Waals surface area (Å²) in [5.74, 6) is 0.0865. The maximum atomic E-state index is 11.7. The van der Waals surface area contributed by atoms with Gasteiger partial charge in [0.15, 0.2) is 0 Å². The van der Waals surface area contributed by atoms with Crippen molar-refractivity contribution in [3.63, 3.8) is 0 Å². The highest BCUT2D eigenvalue weighted by atomic mass is 32.1. The van der Waals surface area contributed by atoms with E-state index in [1.54, 1.807) is 11.3 Å². The molecule has 0 radical (unpaired) electrons. The Bertz CT molecular complexity index is 497. The van der Waals surface area contributed by atoms with E-state index in [4.69, 9.17) is 0 Å². The zero-order valence-corrected chi connectivity index (χ0v) is 11.4. The van der Waals surface area contributed by atoms with Gasteiger partial charge < -0.3 is 5.32 Å². The number of hydrogen-bond acceptors (Lipinski definition) is 3. The molecular weight excluding hydrogens is 246 g/mol. The molecule has 0 saturated heterocycles. The summed E-state index contributed by atoms with van der Waals surface area (Å²) >= 11 is 1.69. The molecule has 0 unspecified atom stereocenters. The normalized spacial score (nSPS) is 10.6. The van der Waals surface area contributed by atoms with E-state index < -0.39 is 0 Å². The zero-order valence-electron chi connectivity index (χ0n) is 10.6. The van der Waals surface area contributed by atoms with Gasteiger partial charge in [-0.1, -0.05) is 6.07 Å². The maximum Gasteiger partial charge on any atom is 0.220 e. The van der Waals surface area contributed by atoms with E-state index in [0.717, 1.165) is 23.4 Å². The fourth-order valence-corrected chi connectivity index (χ4v) is 2.51. The average molecular weight is 263 g/mol. The van der Waals surface area contributed by atoms with Crippen LogP contribution in [0.2, 0.25) is 0 Å². The van der Waals surface area contributed by atoms with Gasteiger partial charge in [-0.05, 0) is 31.7 Å². The highest BCUT2D eigenvalue weighted by Gasteiger charge is 2.08. The second-order valence-corrected chi connectivity index (χ2v) is 5.30. The Labute approximate surface area is 110 Å². The predicted octanol–water partition coefficient (Wildman–Crippen LogP) is 2.34. The van der Waals surface area contributed by atoms with Crippen LogP contribution in [-0.2, 0) is 17.8 Å². The number of aromatic nitrogens is 2. The summed E-state index contributed by atoms with van der Waals surface area (Å²) in [7, 11) is 0. The number of nitrogens with one attached hydrogen (secondary N) is 2. The fraction of sp³-hybridized carbons (Fsp3) is 0.385. The van der Waals surface area contributed by atoms with Crippen LogP contribution in [0.3, 0.4) is 0 Å². The zero-order chi connectivity index (χ0) is 13.0. The molecule has 0 spiro atoms. The minimum atomic E-state index is 0.0865. The number of thiophene rings is 1. The van der Waals surface area contributed by atoms with Gasteiger partial charge in [-0.25, -0.2) is 0 Å². The molecule has 2 aromatic rings. The average Bonchev–Trinajstić information content (AvgIpc) is 2.96. The van der Waals surface area contributed by atoms with Crippen molar-refractivity contribution < 1.29 is 4.79 Å². The number of nitrogens with zero attached hydrogens (tertiary/aromatic N) is 1. The van der Waals surface area contributed by atoms with Crippen molar-refractivity contribution in [3.05, 3.63) is 39.3 Å². The summed E-state index contributed by atoms with van der Waals surface area (Å²) in [4.78, 5) is 13.0. The second kappa shape index (κ2) is 5.82. The standard InChI is InChI=1S/C13H17N3OS/c1-9-12(10(2)16-15-9)8-14-13(17)6-5-11-4-3-7-18-11/h3-4,7H,5-6,8H2,1-2H3,(H,14,17)(H,15,16). The van der Waals surface area contributed by atoms with Gasteiger partial charge in [0, 0.05) is 29.1 Å². The van der Waals surface area contributed by atoms with Crippen LogP contribution in [0.5, 0.6) is 0 Å². The first-order valence-corrected chi connectivity index (χ1v) is 6.84. The molecule has 5 heteroatoms. The van der Waals surface area contributed by atoms with Crippen molar-refractivity contribution in [1.82, 2.24) is 15.5 Å². The lowest BCUT2D eigenvalue weighted by Crippen LogP contribution is -2.23. The van der Waals surface area contributed by atoms with Gasteiger partial charge in [0.2, 0.25) is 5.91 Å². The molecule has 2 aromatic heterocycles. The van der Waals surface area contributed by atoms with E-state index in [1.165, 1.54) is 4.88 Å². The minimum Gasteiger partial charge on any atom is -0.352 e. The Kier molecular flexibility index (Phi) is 4.15. The van der Waals surface area contributed by atoms with Crippen molar-refractivity contribution in [3.8, 4) is 0 Å². The van der Waals surface area contributed by atoms with E-state index in [-0.39, 0.29) is 5.91 Å². The van der Waals surface area contributed by atoms with E-state index >= 15 is 0 Å². The Morgan fingerprint density at radius 3 is 2.94 bits per heavy atom. The van der Waals surface area contributed by atoms with Gasteiger partial charge in [-0.15, -0.1) is 11.3 Å². The molecule has 0 saturated carbocycles. The SMILES string of the molecule is Cc1n[nH]c(C)c1CNC(=O)CCc1cccs1. The number of amides is 1. The molecule has 2 N–H and O–H groups in total. The van der Waals surface area contributed by atoms with Crippen LogP contribution in [-0.4, -0.2) is 16.1 Å². The van der Waals surface area contributed by atoms with E-state index in [2.05, 4.69) is 21.6 Å². The lowest BCUT2D eigenvalue weighted by atomic mass is 10.2. The number of aromatic amines is 1. The highest BCUT2D eigenvalue weighted by molar-refractivity contribution is 7.09. The first-order chi connectivity index (χ1) is 8.66. The molecule has 2 rings (SSSR count). The molecule has 0 aliphatic heterocycles. The van der Waals surface area contributed by atoms with Crippen LogP contribution in [0, 0.1) is 13.8 Å². The Balaban J connectivity index is 1.78. The third-order valence-corrected chi connectivity index (χ3v) is 3.86. The minimum absolute atomic E-state index is 0.0865. The lowest BCUT2D eigenvalue weighted by molar-refractivity contribution is -0.121. The van der Waals surface area contributed by atoms with Gasteiger partial charge in [0.1, 0.15) is 0 Å². The van der Waals surface area contributed by atoms with E-state index in [1.807, 2.05) is 25.3 Å². The Morgan fingerprint density at radius 2 is 2.33 bits per heavy atom. The summed E-state index contributed by atoms with van der Waals surface area (Å²) in [6.45, 7) is 4.46. The number of hydrogen-bond donors (Lipinski definition) is 2. The summed E-state index contributed by atoms with van der Waals surface area (Å²) in [5, 5.41) is 12.0. The summed E-state index contributed by atoms with van der Waals surface area (Å²) < 4.78 is 0. The van der Waals surface area contributed by atoms with Crippen LogP contribution in [0.4, 0.5) is 0 Å². The molecule has 1 amide bonds.